The molecule has 0 bridgehead atoms. The van der Waals surface area contributed by atoms with Crippen LogP contribution in [0.4, 0.5) is 4.79 Å². The van der Waals surface area contributed by atoms with E-state index in [0.29, 0.717) is 0 Å². The topological polar surface area (TPSA) is 35.5 Å². The zero-order chi connectivity index (χ0) is 8.85. The van der Waals surface area contributed by atoms with Gasteiger partial charge in [-0.2, -0.15) is 0 Å². The number of methoxy groups -OCH3 is 1. The smallest absolute Gasteiger partial charge is 0.438 e. The van der Waals surface area contributed by atoms with Gasteiger partial charge in [0.2, 0.25) is 0 Å². The van der Waals surface area contributed by atoms with Crippen molar-refractivity contribution in [3.05, 3.63) is 0 Å². The molecule has 0 aliphatic rings. The van der Waals surface area contributed by atoms with E-state index in [1.165, 1.54) is 7.11 Å². The summed E-state index contributed by atoms with van der Waals surface area (Å²) in [6.07, 6.45) is -0.743. The van der Waals surface area contributed by atoms with Crippen molar-refractivity contribution in [1.82, 2.24) is 0 Å². The van der Waals surface area contributed by atoms with Crippen molar-refractivity contribution < 1.29 is 14.3 Å². The van der Waals surface area contributed by atoms with Gasteiger partial charge in [0.1, 0.15) is 6.61 Å². The number of carbonyl (C=O) groups excluding carboxylic acids is 1. The first-order valence-electron chi connectivity index (χ1n) is 3.06. The van der Waals surface area contributed by atoms with E-state index in [1.54, 1.807) is 6.92 Å². The van der Waals surface area contributed by atoms with Gasteiger partial charge in [-0.15, -0.1) is 23.2 Å². The standard InChI is InChI=1S/C6H10Cl2O3/c1-4(7)5(8)3-11-6(9)10-2/h4-5H,3H2,1-2H3. The molecule has 0 saturated heterocycles. The van der Waals surface area contributed by atoms with Crippen LogP contribution >= 0.6 is 23.2 Å². The Kier molecular flexibility index (Phi) is 5.42. The molecule has 0 radical (unpaired) electrons. The molecular weight excluding hydrogens is 191 g/mol. The number of halogens is 2. The van der Waals surface area contributed by atoms with Crippen molar-refractivity contribution in [2.24, 2.45) is 0 Å². The molecule has 66 valence electrons. The third-order valence-corrected chi connectivity index (χ3v) is 1.96. The van der Waals surface area contributed by atoms with E-state index in [2.05, 4.69) is 9.47 Å². The molecule has 0 aliphatic heterocycles. The number of rotatable bonds is 3. The monoisotopic (exact) mass is 200 g/mol. The van der Waals surface area contributed by atoms with Crippen LogP contribution in [0.3, 0.4) is 0 Å². The van der Waals surface area contributed by atoms with Gasteiger partial charge in [0, 0.05) is 0 Å². The van der Waals surface area contributed by atoms with E-state index in [1.807, 2.05) is 0 Å². The molecule has 0 saturated carbocycles. The lowest BCUT2D eigenvalue weighted by Gasteiger charge is -2.10. The Morgan fingerprint density at radius 1 is 1.55 bits per heavy atom. The highest BCUT2D eigenvalue weighted by molar-refractivity contribution is 6.29. The summed E-state index contributed by atoms with van der Waals surface area (Å²) in [6.45, 7) is 1.79. The summed E-state index contributed by atoms with van der Waals surface area (Å²) < 4.78 is 8.75. The first-order valence-corrected chi connectivity index (χ1v) is 3.94. The SMILES string of the molecule is COC(=O)OCC(Cl)C(C)Cl. The lowest BCUT2D eigenvalue weighted by Crippen LogP contribution is -2.20. The van der Waals surface area contributed by atoms with E-state index in [4.69, 9.17) is 23.2 Å². The number of ether oxygens (including phenoxy) is 2. The number of alkyl halides is 2. The van der Waals surface area contributed by atoms with Crippen LogP contribution in [-0.2, 0) is 9.47 Å². The Morgan fingerprint density at radius 3 is 2.45 bits per heavy atom. The Labute approximate surface area is 75.6 Å². The van der Waals surface area contributed by atoms with Crippen molar-refractivity contribution in [3.8, 4) is 0 Å². The predicted molar refractivity (Wildman–Crippen MR) is 43.3 cm³/mol. The average molecular weight is 201 g/mol. The highest BCUT2D eigenvalue weighted by Gasteiger charge is 2.13. The molecule has 2 unspecified atom stereocenters. The molecule has 0 N–H and O–H groups in total. The molecule has 11 heavy (non-hydrogen) atoms. The summed E-state index contributed by atoms with van der Waals surface area (Å²) in [7, 11) is 1.23. The molecule has 0 heterocycles. The summed E-state index contributed by atoms with van der Waals surface area (Å²) >= 11 is 11.2. The third-order valence-electron chi connectivity index (χ3n) is 1.03. The summed E-state index contributed by atoms with van der Waals surface area (Å²) in [4.78, 5) is 10.4. The highest BCUT2D eigenvalue weighted by Crippen LogP contribution is 2.09. The Balaban J connectivity index is 3.45. The Morgan fingerprint density at radius 2 is 2.09 bits per heavy atom. The third kappa shape index (κ3) is 5.16. The first-order chi connectivity index (χ1) is 5.07. The van der Waals surface area contributed by atoms with Crippen molar-refractivity contribution in [3.63, 3.8) is 0 Å². The number of hydrogen-bond donors (Lipinski definition) is 0. The lowest BCUT2D eigenvalue weighted by atomic mass is 10.3. The molecule has 5 heteroatoms. The summed E-state index contributed by atoms with van der Waals surface area (Å²) in [5.74, 6) is 0. The quantitative estimate of drug-likeness (QED) is 0.517. The molecule has 0 aliphatic carbocycles. The molecule has 0 fully saturated rings. The molecule has 3 nitrogen and oxygen atoms in total. The normalized spacial score (nSPS) is 15.3. The van der Waals surface area contributed by atoms with Crippen LogP contribution in [0.25, 0.3) is 0 Å². The largest absolute Gasteiger partial charge is 0.508 e. The number of carbonyl (C=O) groups is 1. The summed E-state index contributed by atoms with van der Waals surface area (Å²) in [5.41, 5.74) is 0. The predicted octanol–water partition coefficient (Wildman–Crippen LogP) is 2.00. The molecular formula is C6H10Cl2O3. The summed E-state index contributed by atoms with van der Waals surface area (Å²) in [5, 5.41) is -0.614. The molecule has 0 amide bonds. The van der Waals surface area contributed by atoms with E-state index >= 15 is 0 Å². The molecule has 0 aromatic heterocycles. The fourth-order valence-corrected chi connectivity index (χ4v) is 0.475. The van der Waals surface area contributed by atoms with Crippen LogP contribution in [0.1, 0.15) is 6.92 Å². The molecule has 0 rings (SSSR count). The Hall–Kier alpha value is -0.150. The fourth-order valence-electron chi connectivity index (χ4n) is 0.339. The van der Waals surface area contributed by atoms with Gasteiger partial charge in [0.15, 0.2) is 0 Å². The van der Waals surface area contributed by atoms with E-state index < -0.39 is 6.16 Å². The van der Waals surface area contributed by atoms with Crippen molar-refractivity contribution in [2.75, 3.05) is 13.7 Å². The summed E-state index contributed by atoms with van der Waals surface area (Å²) in [6, 6.07) is 0. The van der Waals surface area contributed by atoms with Crippen molar-refractivity contribution >= 4 is 29.4 Å². The van der Waals surface area contributed by atoms with Crippen LogP contribution < -0.4 is 0 Å². The van der Waals surface area contributed by atoms with Crippen LogP contribution in [0, 0.1) is 0 Å². The molecule has 0 spiro atoms. The van der Waals surface area contributed by atoms with Gasteiger partial charge in [0.25, 0.3) is 0 Å². The second kappa shape index (κ2) is 5.49. The van der Waals surface area contributed by atoms with Gasteiger partial charge in [-0.1, -0.05) is 0 Å². The van der Waals surface area contributed by atoms with E-state index in [9.17, 15) is 4.79 Å². The van der Waals surface area contributed by atoms with Gasteiger partial charge in [0.05, 0.1) is 17.9 Å². The van der Waals surface area contributed by atoms with Crippen LogP contribution in [0.15, 0.2) is 0 Å². The minimum Gasteiger partial charge on any atom is -0.438 e. The minimum atomic E-state index is -0.743. The van der Waals surface area contributed by atoms with Gasteiger partial charge in [-0.05, 0) is 6.92 Å². The lowest BCUT2D eigenvalue weighted by molar-refractivity contribution is 0.0726. The van der Waals surface area contributed by atoms with E-state index in [0.717, 1.165) is 0 Å². The average Bonchev–Trinajstić information content (AvgIpc) is 1.99. The molecule has 2 atom stereocenters. The second-order valence-electron chi connectivity index (χ2n) is 1.96. The second-order valence-corrected chi connectivity index (χ2v) is 3.21. The Bertz CT molecular complexity index is 127. The van der Waals surface area contributed by atoms with Crippen molar-refractivity contribution in [1.29, 1.82) is 0 Å². The maximum absolute atomic E-state index is 10.4. The fraction of sp³-hybridized carbons (Fsp3) is 0.833. The first kappa shape index (κ1) is 10.8. The van der Waals surface area contributed by atoms with Gasteiger partial charge >= 0.3 is 6.16 Å². The van der Waals surface area contributed by atoms with Crippen LogP contribution in [-0.4, -0.2) is 30.6 Å². The number of hydrogen-bond acceptors (Lipinski definition) is 3. The van der Waals surface area contributed by atoms with Gasteiger partial charge in [-0.25, -0.2) is 4.79 Å². The highest BCUT2D eigenvalue weighted by atomic mass is 35.5. The van der Waals surface area contributed by atoms with Crippen LogP contribution in [0.2, 0.25) is 0 Å². The zero-order valence-corrected chi connectivity index (χ0v) is 7.85. The van der Waals surface area contributed by atoms with E-state index in [-0.39, 0.29) is 17.4 Å². The van der Waals surface area contributed by atoms with Crippen LogP contribution in [0.5, 0.6) is 0 Å². The minimum absolute atomic E-state index is 0.0683. The maximum Gasteiger partial charge on any atom is 0.508 e. The zero-order valence-electron chi connectivity index (χ0n) is 6.34. The van der Waals surface area contributed by atoms with Gasteiger partial charge in [-0.3, -0.25) is 0 Å². The van der Waals surface area contributed by atoms with Crippen molar-refractivity contribution in [2.45, 2.75) is 17.7 Å². The molecule has 0 aromatic carbocycles. The maximum atomic E-state index is 10.4. The van der Waals surface area contributed by atoms with Gasteiger partial charge < -0.3 is 9.47 Å². The molecule has 0 aromatic rings.